The van der Waals surface area contributed by atoms with Gasteiger partial charge in [-0.05, 0) is 49.1 Å². The van der Waals surface area contributed by atoms with Gasteiger partial charge in [0.1, 0.15) is 23.4 Å². The highest BCUT2D eigenvalue weighted by Gasteiger charge is 2.21. The molecule has 1 unspecified atom stereocenters. The molecule has 7 heteroatoms. The average Bonchev–Trinajstić information content (AvgIpc) is 2.67. The van der Waals surface area contributed by atoms with E-state index in [-0.39, 0.29) is 11.9 Å². The van der Waals surface area contributed by atoms with E-state index in [1.165, 1.54) is 12.1 Å². The van der Waals surface area contributed by atoms with Gasteiger partial charge >= 0.3 is 6.03 Å². The Hall–Kier alpha value is -3.14. The maximum absolute atomic E-state index is 13.1. The van der Waals surface area contributed by atoms with Crippen LogP contribution in [0.3, 0.4) is 0 Å². The molecule has 1 aliphatic heterocycles. The molecule has 6 nitrogen and oxygen atoms in total. The molecule has 1 aromatic heterocycles. The molecule has 0 spiro atoms. The normalized spacial score (nSPS) is 16.6. The minimum atomic E-state index is -0.391. The topological polar surface area (TPSA) is 81.0 Å². The lowest BCUT2D eigenvalue weighted by Gasteiger charge is -2.33. The van der Waals surface area contributed by atoms with E-state index in [0.717, 1.165) is 31.7 Å². The number of hydrogen-bond donors (Lipinski definition) is 2. The highest BCUT2D eigenvalue weighted by molar-refractivity contribution is 5.89. The first-order valence-corrected chi connectivity index (χ1v) is 8.56. The molecule has 1 aromatic carbocycles. The minimum Gasteiger partial charge on any atom is -0.356 e. The number of pyridine rings is 1. The lowest BCUT2D eigenvalue weighted by molar-refractivity contribution is 0.249. The highest BCUT2D eigenvalue weighted by atomic mass is 19.1. The summed E-state index contributed by atoms with van der Waals surface area (Å²) in [4.78, 5) is 18.5. The molecule has 2 aromatic rings. The van der Waals surface area contributed by atoms with Crippen LogP contribution in [0.1, 0.15) is 18.5 Å². The Morgan fingerprint density at radius 2 is 2.19 bits per heavy atom. The molecular formula is C19H20FN5O. The van der Waals surface area contributed by atoms with Crippen LogP contribution >= 0.6 is 0 Å². The first-order valence-electron chi connectivity index (χ1n) is 8.56. The number of benzene rings is 1. The number of rotatable bonds is 4. The van der Waals surface area contributed by atoms with Crippen molar-refractivity contribution in [2.24, 2.45) is 5.92 Å². The van der Waals surface area contributed by atoms with E-state index < -0.39 is 5.82 Å². The summed E-state index contributed by atoms with van der Waals surface area (Å²) >= 11 is 0. The molecule has 0 bridgehead atoms. The van der Waals surface area contributed by atoms with Gasteiger partial charge < -0.3 is 15.5 Å². The Morgan fingerprint density at radius 3 is 3.00 bits per heavy atom. The number of piperidine rings is 1. The molecule has 0 aliphatic carbocycles. The summed E-state index contributed by atoms with van der Waals surface area (Å²) in [6.07, 6.45) is 2.00. The van der Waals surface area contributed by atoms with E-state index in [0.29, 0.717) is 17.9 Å². The van der Waals surface area contributed by atoms with Crippen molar-refractivity contribution in [2.75, 3.05) is 29.9 Å². The van der Waals surface area contributed by atoms with Crippen LogP contribution in [0.5, 0.6) is 0 Å². The fraction of sp³-hybridized carbons (Fsp3) is 0.316. The number of halogens is 1. The Balaban J connectivity index is 1.52. The monoisotopic (exact) mass is 353 g/mol. The molecule has 2 amide bonds. The smallest absolute Gasteiger partial charge is 0.319 e. The van der Waals surface area contributed by atoms with Gasteiger partial charge in [-0.15, -0.1) is 0 Å². The van der Waals surface area contributed by atoms with Crippen LogP contribution < -0.4 is 15.5 Å². The summed E-state index contributed by atoms with van der Waals surface area (Å²) in [5, 5.41) is 14.5. The molecular weight excluding hydrogens is 333 g/mol. The quantitative estimate of drug-likeness (QED) is 0.885. The van der Waals surface area contributed by atoms with Crippen molar-refractivity contribution < 1.29 is 9.18 Å². The molecule has 134 valence electrons. The first kappa shape index (κ1) is 17.7. The molecule has 0 radical (unpaired) electrons. The summed E-state index contributed by atoms with van der Waals surface area (Å²) < 4.78 is 13.1. The van der Waals surface area contributed by atoms with Gasteiger partial charge in [-0.3, -0.25) is 0 Å². The van der Waals surface area contributed by atoms with Crippen molar-refractivity contribution in [3.05, 3.63) is 54.0 Å². The Bertz CT molecular complexity index is 820. The zero-order chi connectivity index (χ0) is 18.4. The maximum Gasteiger partial charge on any atom is 0.319 e. The van der Waals surface area contributed by atoms with Gasteiger partial charge in [0, 0.05) is 25.3 Å². The summed E-state index contributed by atoms with van der Waals surface area (Å²) in [5.74, 6) is 0.685. The van der Waals surface area contributed by atoms with E-state index in [9.17, 15) is 9.18 Å². The third-order valence-corrected chi connectivity index (χ3v) is 4.33. The van der Waals surface area contributed by atoms with Crippen LogP contribution in [0.4, 0.5) is 20.7 Å². The van der Waals surface area contributed by atoms with Gasteiger partial charge in [0.15, 0.2) is 0 Å². The molecule has 3 rings (SSSR count). The number of carbonyl (C=O) groups is 1. The predicted molar refractivity (Wildman–Crippen MR) is 97.3 cm³/mol. The molecule has 1 aliphatic rings. The van der Waals surface area contributed by atoms with E-state index in [2.05, 4.69) is 26.6 Å². The van der Waals surface area contributed by atoms with E-state index >= 15 is 0 Å². The first-order chi connectivity index (χ1) is 12.6. The number of nitrogens with zero attached hydrogens (tertiary/aromatic N) is 3. The van der Waals surface area contributed by atoms with Crippen LogP contribution in [0.15, 0.2) is 42.5 Å². The van der Waals surface area contributed by atoms with Gasteiger partial charge in [-0.25, -0.2) is 14.2 Å². The lowest BCUT2D eigenvalue weighted by atomic mass is 9.98. The van der Waals surface area contributed by atoms with Gasteiger partial charge in [0.25, 0.3) is 0 Å². The molecule has 2 N–H and O–H groups in total. The fourth-order valence-corrected chi connectivity index (χ4v) is 3.08. The predicted octanol–water partition coefficient (Wildman–Crippen LogP) is 3.13. The van der Waals surface area contributed by atoms with Crippen molar-refractivity contribution in [1.29, 1.82) is 5.26 Å². The van der Waals surface area contributed by atoms with E-state index in [1.807, 2.05) is 12.1 Å². The van der Waals surface area contributed by atoms with Crippen LogP contribution in [0, 0.1) is 23.1 Å². The number of anilines is 2. The van der Waals surface area contributed by atoms with Crippen molar-refractivity contribution in [3.63, 3.8) is 0 Å². The van der Waals surface area contributed by atoms with Crippen molar-refractivity contribution in [3.8, 4) is 6.07 Å². The van der Waals surface area contributed by atoms with Crippen molar-refractivity contribution in [2.45, 2.75) is 12.8 Å². The summed E-state index contributed by atoms with van der Waals surface area (Å²) in [5.41, 5.74) is 0.822. The molecule has 1 fully saturated rings. The number of nitrogens with one attached hydrogen (secondary N) is 2. The maximum atomic E-state index is 13.1. The fourth-order valence-electron chi connectivity index (χ4n) is 3.08. The second-order valence-electron chi connectivity index (χ2n) is 6.29. The molecule has 1 atom stereocenters. The third kappa shape index (κ3) is 4.70. The van der Waals surface area contributed by atoms with Crippen molar-refractivity contribution in [1.82, 2.24) is 10.3 Å². The van der Waals surface area contributed by atoms with Crippen LogP contribution in [-0.2, 0) is 0 Å². The summed E-state index contributed by atoms with van der Waals surface area (Å²) in [6, 6.07) is 12.9. The van der Waals surface area contributed by atoms with Crippen LogP contribution in [0.25, 0.3) is 0 Å². The third-order valence-electron chi connectivity index (χ3n) is 4.33. The highest BCUT2D eigenvalue weighted by Crippen LogP contribution is 2.21. The van der Waals surface area contributed by atoms with Gasteiger partial charge in [-0.1, -0.05) is 12.1 Å². The van der Waals surface area contributed by atoms with Crippen LogP contribution in [-0.4, -0.2) is 30.6 Å². The van der Waals surface area contributed by atoms with Gasteiger partial charge in [0.05, 0.1) is 0 Å². The molecule has 26 heavy (non-hydrogen) atoms. The SMILES string of the molecule is N#Cc1cccc(N2CCCC(CNC(=O)Nc3cccc(F)c3)C2)n1. The second-order valence-corrected chi connectivity index (χ2v) is 6.29. The van der Waals surface area contributed by atoms with E-state index in [1.54, 1.807) is 18.2 Å². The second kappa shape index (κ2) is 8.30. The molecule has 2 heterocycles. The Labute approximate surface area is 151 Å². The number of hydrogen-bond acceptors (Lipinski definition) is 4. The number of carbonyl (C=O) groups excluding carboxylic acids is 1. The van der Waals surface area contributed by atoms with Crippen molar-refractivity contribution >= 4 is 17.5 Å². The average molecular weight is 353 g/mol. The van der Waals surface area contributed by atoms with Gasteiger partial charge in [0.2, 0.25) is 0 Å². The van der Waals surface area contributed by atoms with E-state index in [4.69, 9.17) is 5.26 Å². The number of aromatic nitrogens is 1. The largest absolute Gasteiger partial charge is 0.356 e. The molecule has 1 saturated heterocycles. The zero-order valence-corrected chi connectivity index (χ0v) is 14.3. The van der Waals surface area contributed by atoms with Crippen LogP contribution in [0.2, 0.25) is 0 Å². The zero-order valence-electron chi connectivity index (χ0n) is 14.3. The Kier molecular flexibility index (Phi) is 5.64. The van der Waals surface area contributed by atoms with Gasteiger partial charge in [-0.2, -0.15) is 5.26 Å². The lowest BCUT2D eigenvalue weighted by Crippen LogP contribution is -2.42. The summed E-state index contributed by atoms with van der Waals surface area (Å²) in [7, 11) is 0. The number of nitriles is 1. The number of urea groups is 1. The number of amides is 2. The minimum absolute atomic E-state index is 0.287. The Morgan fingerprint density at radius 1 is 1.35 bits per heavy atom. The standard InChI is InChI=1S/C19H20FN5O/c20-15-5-1-6-16(10-15)24-19(26)22-12-14-4-3-9-25(13-14)18-8-2-7-17(11-21)23-18/h1-2,5-8,10,14H,3-4,9,12-13H2,(H2,22,24,26). The molecule has 0 saturated carbocycles. The summed E-state index contributed by atoms with van der Waals surface area (Å²) in [6.45, 7) is 2.17.